The molecule has 0 spiro atoms. The zero-order valence-electron chi connectivity index (χ0n) is 7.73. The molecule has 1 N–H and O–H groups in total. The van der Waals surface area contributed by atoms with Crippen molar-refractivity contribution in [2.75, 3.05) is 6.61 Å². The average molecular weight is 178 g/mol. The van der Waals surface area contributed by atoms with Gasteiger partial charge in [0.15, 0.2) is 0 Å². The van der Waals surface area contributed by atoms with Gasteiger partial charge in [-0.1, -0.05) is 18.2 Å². The van der Waals surface area contributed by atoms with Gasteiger partial charge in [-0.15, -0.1) is 0 Å². The summed E-state index contributed by atoms with van der Waals surface area (Å²) in [5.41, 5.74) is 1.14. The third-order valence-electron chi connectivity index (χ3n) is 2.59. The van der Waals surface area contributed by atoms with Gasteiger partial charge in [0.1, 0.15) is 5.75 Å². The Morgan fingerprint density at radius 2 is 2.23 bits per heavy atom. The highest BCUT2D eigenvalue weighted by atomic mass is 16.5. The third-order valence-corrected chi connectivity index (χ3v) is 2.59. The van der Waals surface area contributed by atoms with Crippen molar-refractivity contribution in [3.63, 3.8) is 0 Å². The van der Waals surface area contributed by atoms with Gasteiger partial charge in [-0.05, 0) is 25.0 Å². The van der Waals surface area contributed by atoms with Gasteiger partial charge in [-0.3, -0.25) is 0 Å². The number of rotatable bonds is 1. The Hall–Kier alpha value is -1.02. The minimum atomic E-state index is -0.287. The fourth-order valence-corrected chi connectivity index (χ4v) is 1.87. The lowest BCUT2D eigenvalue weighted by atomic mass is 9.89. The molecule has 0 radical (unpaired) electrons. The van der Waals surface area contributed by atoms with Crippen molar-refractivity contribution in [1.82, 2.24) is 0 Å². The van der Waals surface area contributed by atoms with Crippen molar-refractivity contribution >= 4 is 0 Å². The molecular formula is C11H14O2. The van der Waals surface area contributed by atoms with Gasteiger partial charge in [0, 0.05) is 5.92 Å². The molecule has 1 aromatic carbocycles. The molecule has 0 fully saturated rings. The normalized spacial score (nSPS) is 23.1. The third kappa shape index (κ3) is 1.54. The van der Waals surface area contributed by atoms with Crippen molar-refractivity contribution in [3.8, 4) is 5.75 Å². The van der Waals surface area contributed by atoms with Crippen LogP contribution in [0.4, 0.5) is 0 Å². The van der Waals surface area contributed by atoms with E-state index in [4.69, 9.17) is 4.74 Å². The van der Waals surface area contributed by atoms with E-state index >= 15 is 0 Å². The summed E-state index contributed by atoms with van der Waals surface area (Å²) in [7, 11) is 0. The van der Waals surface area contributed by atoms with Crippen LogP contribution in [-0.2, 0) is 0 Å². The Morgan fingerprint density at radius 3 is 3.00 bits per heavy atom. The quantitative estimate of drug-likeness (QED) is 0.712. The van der Waals surface area contributed by atoms with Crippen LogP contribution in [0.2, 0.25) is 0 Å². The lowest BCUT2D eigenvalue weighted by molar-refractivity contribution is 0.132. The summed E-state index contributed by atoms with van der Waals surface area (Å²) in [6.45, 7) is 2.55. The summed E-state index contributed by atoms with van der Waals surface area (Å²) in [6, 6.07) is 7.95. The van der Waals surface area contributed by atoms with Crippen LogP contribution in [0.3, 0.4) is 0 Å². The highest BCUT2D eigenvalue weighted by Crippen LogP contribution is 2.35. The summed E-state index contributed by atoms with van der Waals surface area (Å²) in [5, 5.41) is 9.57. The second-order valence-corrected chi connectivity index (χ2v) is 3.52. The summed E-state index contributed by atoms with van der Waals surface area (Å²) < 4.78 is 5.49. The fourth-order valence-electron chi connectivity index (χ4n) is 1.87. The number of benzene rings is 1. The van der Waals surface area contributed by atoms with Crippen LogP contribution >= 0.6 is 0 Å². The maximum Gasteiger partial charge on any atom is 0.122 e. The Morgan fingerprint density at radius 1 is 1.46 bits per heavy atom. The topological polar surface area (TPSA) is 29.5 Å². The first-order valence-electron chi connectivity index (χ1n) is 4.69. The molecule has 2 nitrogen and oxygen atoms in total. The van der Waals surface area contributed by atoms with E-state index in [2.05, 4.69) is 0 Å². The van der Waals surface area contributed by atoms with Crippen LogP contribution in [0.5, 0.6) is 5.75 Å². The van der Waals surface area contributed by atoms with Gasteiger partial charge in [-0.2, -0.15) is 0 Å². The van der Waals surface area contributed by atoms with Crippen LogP contribution in [0, 0.1) is 0 Å². The predicted octanol–water partition coefficient (Wildman–Crippen LogP) is 1.93. The Bertz CT molecular complexity index is 294. The van der Waals surface area contributed by atoms with Crippen LogP contribution in [0.15, 0.2) is 24.3 Å². The molecule has 0 aromatic heterocycles. The van der Waals surface area contributed by atoms with E-state index in [1.165, 1.54) is 0 Å². The number of hydrogen-bond acceptors (Lipinski definition) is 2. The van der Waals surface area contributed by atoms with E-state index < -0.39 is 0 Å². The number of para-hydroxylation sites is 1. The predicted molar refractivity (Wildman–Crippen MR) is 51.0 cm³/mol. The first-order valence-corrected chi connectivity index (χ1v) is 4.69. The van der Waals surface area contributed by atoms with Gasteiger partial charge in [0.25, 0.3) is 0 Å². The molecule has 2 rings (SSSR count). The van der Waals surface area contributed by atoms with Gasteiger partial charge in [-0.25, -0.2) is 0 Å². The Labute approximate surface area is 78.2 Å². The fraction of sp³-hybridized carbons (Fsp3) is 0.455. The van der Waals surface area contributed by atoms with Crippen LogP contribution in [-0.4, -0.2) is 17.8 Å². The minimum absolute atomic E-state index is 0.241. The first kappa shape index (κ1) is 8.57. The molecule has 0 bridgehead atoms. The van der Waals surface area contributed by atoms with Gasteiger partial charge in [0.05, 0.1) is 12.7 Å². The van der Waals surface area contributed by atoms with Gasteiger partial charge in [0.2, 0.25) is 0 Å². The Kier molecular flexibility index (Phi) is 2.23. The molecule has 0 amide bonds. The second-order valence-electron chi connectivity index (χ2n) is 3.52. The van der Waals surface area contributed by atoms with E-state index in [0.29, 0.717) is 6.61 Å². The molecule has 1 unspecified atom stereocenters. The molecule has 1 aromatic rings. The number of hydrogen-bond donors (Lipinski definition) is 1. The molecular weight excluding hydrogens is 164 g/mol. The maximum atomic E-state index is 9.57. The van der Waals surface area contributed by atoms with Gasteiger partial charge < -0.3 is 9.84 Å². The van der Waals surface area contributed by atoms with E-state index in [0.717, 1.165) is 17.7 Å². The van der Waals surface area contributed by atoms with E-state index in [1.54, 1.807) is 0 Å². The van der Waals surface area contributed by atoms with E-state index in [-0.39, 0.29) is 12.0 Å². The van der Waals surface area contributed by atoms with Gasteiger partial charge >= 0.3 is 0 Å². The molecule has 70 valence electrons. The van der Waals surface area contributed by atoms with Crippen LogP contribution < -0.4 is 4.74 Å². The number of aliphatic hydroxyl groups is 1. The monoisotopic (exact) mass is 178 g/mol. The standard InChI is InChI=1S/C11H14O2/c1-8(12)9-6-7-13-11-5-3-2-4-10(9)11/h2-5,8-9,12H,6-7H2,1H3/t8-,9?/m1/s1. The Balaban J connectivity index is 2.37. The number of fused-ring (bicyclic) bond motifs is 1. The highest BCUT2D eigenvalue weighted by molar-refractivity contribution is 5.38. The summed E-state index contributed by atoms with van der Waals surface area (Å²) >= 11 is 0. The molecule has 0 aliphatic carbocycles. The molecule has 1 aliphatic rings. The first-order chi connectivity index (χ1) is 6.29. The minimum Gasteiger partial charge on any atom is -0.493 e. The van der Waals surface area contributed by atoms with Crippen LogP contribution in [0.25, 0.3) is 0 Å². The molecule has 2 atom stereocenters. The molecule has 2 heteroatoms. The van der Waals surface area contributed by atoms with Crippen molar-refractivity contribution in [2.24, 2.45) is 0 Å². The number of ether oxygens (including phenoxy) is 1. The van der Waals surface area contributed by atoms with E-state index in [1.807, 2.05) is 31.2 Å². The van der Waals surface area contributed by atoms with Crippen molar-refractivity contribution in [2.45, 2.75) is 25.4 Å². The highest BCUT2D eigenvalue weighted by Gasteiger charge is 2.24. The lowest BCUT2D eigenvalue weighted by Gasteiger charge is -2.27. The summed E-state index contributed by atoms with van der Waals surface area (Å²) in [5.74, 6) is 1.17. The second kappa shape index (κ2) is 3.38. The van der Waals surface area contributed by atoms with Crippen LogP contribution in [0.1, 0.15) is 24.8 Å². The zero-order chi connectivity index (χ0) is 9.26. The SMILES string of the molecule is C[C@@H](O)C1CCOc2ccccc21. The molecule has 1 aliphatic heterocycles. The van der Waals surface area contributed by atoms with E-state index in [9.17, 15) is 5.11 Å². The molecule has 0 saturated carbocycles. The lowest BCUT2D eigenvalue weighted by Crippen LogP contribution is -2.22. The molecule has 0 saturated heterocycles. The largest absolute Gasteiger partial charge is 0.493 e. The zero-order valence-corrected chi connectivity index (χ0v) is 7.73. The smallest absolute Gasteiger partial charge is 0.122 e. The maximum absolute atomic E-state index is 9.57. The van der Waals surface area contributed by atoms with Crippen molar-refractivity contribution < 1.29 is 9.84 Å². The molecule has 13 heavy (non-hydrogen) atoms. The number of aliphatic hydroxyl groups excluding tert-OH is 1. The van der Waals surface area contributed by atoms with Crippen molar-refractivity contribution in [1.29, 1.82) is 0 Å². The average Bonchev–Trinajstić information content (AvgIpc) is 2.17. The molecule has 1 heterocycles. The summed E-state index contributed by atoms with van der Waals surface area (Å²) in [6.07, 6.45) is 0.624. The van der Waals surface area contributed by atoms with Crippen molar-refractivity contribution in [3.05, 3.63) is 29.8 Å². The summed E-state index contributed by atoms with van der Waals surface area (Å²) in [4.78, 5) is 0.